The molecule has 0 amide bonds. The van der Waals surface area contributed by atoms with Crippen LogP contribution in [0.25, 0.3) is 0 Å². The average molecular weight is 271 g/mol. The van der Waals surface area contributed by atoms with E-state index in [9.17, 15) is 13.2 Å². The van der Waals surface area contributed by atoms with E-state index in [1.807, 2.05) is 0 Å². The fraction of sp³-hybridized carbons (Fsp3) is 0.417. The summed E-state index contributed by atoms with van der Waals surface area (Å²) >= 11 is 0. The predicted octanol–water partition coefficient (Wildman–Crippen LogP) is 1.77. The van der Waals surface area contributed by atoms with E-state index >= 15 is 0 Å². The Morgan fingerprint density at radius 1 is 1.28 bits per heavy atom. The summed E-state index contributed by atoms with van der Waals surface area (Å²) in [6.45, 7) is 4.40. The molecule has 0 fully saturated rings. The van der Waals surface area contributed by atoms with Crippen LogP contribution in [-0.4, -0.2) is 25.7 Å². The van der Waals surface area contributed by atoms with Crippen LogP contribution in [0.2, 0.25) is 0 Å². The Morgan fingerprint density at radius 2 is 1.83 bits per heavy atom. The van der Waals surface area contributed by atoms with Gasteiger partial charge in [0.05, 0.1) is 6.61 Å². The van der Waals surface area contributed by atoms with Gasteiger partial charge >= 0.3 is 5.97 Å². The van der Waals surface area contributed by atoms with Gasteiger partial charge in [-0.15, -0.1) is 0 Å². The Labute approximate surface area is 107 Å². The number of para-hydroxylation sites is 1. The molecule has 100 valence electrons. The number of benzene rings is 1. The summed E-state index contributed by atoms with van der Waals surface area (Å²) in [6.07, 6.45) is 0. The molecule has 0 saturated heterocycles. The number of hydrogen-bond acceptors (Lipinski definition) is 4. The smallest absolute Gasteiger partial charge is 0.328 e. The standard InChI is InChI=1S/C12H17NO4S/c1-4-17-11(14)12(2,3)18(15,16)13-10-8-6-5-7-9-10/h5-9,13H,4H2,1-3H3. The summed E-state index contributed by atoms with van der Waals surface area (Å²) in [5.41, 5.74) is 0.412. The van der Waals surface area contributed by atoms with Gasteiger partial charge in [0.2, 0.25) is 10.0 Å². The van der Waals surface area contributed by atoms with E-state index in [0.717, 1.165) is 0 Å². The lowest BCUT2D eigenvalue weighted by molar-refractivity contribution is -0.145. The van der Waals surface area contributed by atoms with Crippen molar-refractivity contribution < 1.29 is 17.9 Å². The van der Waals surface area contributed by atoms with Crippen molar-refractivity contribution in [3.8, 4) is 0 Å². The largest absolute Gasteiger partial charge is 0.465 e. The molecule has 0 aromatic heterocycles. The number of esters is 1. The normalized spacial score (nSPS) is 11.9. The monoisotopic (exact) mass is 271 g/mol. The van der Waals surface area contributed by atoms with Crippen LogP contribution in [0.4, 0.5) is 5.69 Å². The van der Waals surface area contributed by atoms with E-state index in [0.29, 0.717) is 5.69 Å². The molecular weight excluding hydrogens is 254 g/mol. The van der Waals surface area contributed by atoms with Gasteiger partial charge in [0, 0.05) is 5.69 Å². The summed E-state index contributed by atoms with van der Waals surface area (Å²) < 4.78 is 29.8. The first-order chi connectivity index (χ1) is 8.31. The maximum atomic E-state index is 12.1. The number of anilines is 1. The van der Waals surface area contributed by atoms with Gasteiger partial charge in [-0.05, 0) is 32.9 Å². The Kier molecular flexibility index (Phi) is 4.34. The van der Waals surface area contributed by atoms with Crippen LogP contribution in [-0.2, 0) is 19.6 Å². The van der Waals surface area contributed by atoms with Crippen LogP contribution in [0.5, 0.6) is 0 Å². The van der Waals surface area contributed by atoms with Gasteiger partial charge in [-0.3, -0.25) is 9.52 Å². The highest BCUT2D eigenvalue weighted by Gasteiger charge is 2.43. The number of nitrogens with one attached hydrogen (secondary N) is 1. The highest BCUT2D eigenvalue weighted by atomic mass is 32.2. The lowest BCUT2D eigenvalue weighted by Crippen LogP contribution is -2.45. The molecule has 0 spiro atoms. The molecule has 5 nitrogen and oxygen atoms in total. The molecule has 0 aliphatic heterocycles. The van der Waals surface area contributed by atoms with Crippen LogP contribution in [0.1, 0.15) is 20.8 Å². The van der Waals surface area contributed by atoms with Gasteiger partial charge in [-0.25, -0.2) is 8.42 Å². The predicted molar refractivity (Wildman–Crippen MR) is 69.7 cm³/mol. The molecule has 0 aliphatic carbocycles. The van der Waals surface area contributed by atoms with E-state index in [1.165, 1.54) is 13.8 Å². The Morgan fingerprint density at radius 3 is 2.33 bits per heavy atom. The molecule has 1 aromatic carbocycles. The summed E-state index contributed by atoms with van der Waals surface area (Å²) in [7, 11) is -3.86. The number of carbonyl (C=O) groups is 1. The molecule has 6 heteroatoms. The van der Waals surface area contributed by atoms with E-state index in [-0.39, 0.29) is 6.61 Å². The summed E-state index contributed by atoms with van der Waals surface area (Å²) in [5.74, 6) is -0.770. The zero-order valence-corrected chi connectivity index (χ0v) is 11.5. The molecule has 1 rings (SSSR count). The molecule has 0 unspecified atom stereocenters. The maximum absolute atomic E-state index is 12.1. The summed E-state index contributed by atoms with van der Waals surface area (Å²) in [6, 6.07) is 8.40. The van der Waals surface area contributed by atoms with Crippen LogP contribution < -0.4 is 4.72 Å². The van der Waals surface area contributed by atoms with Gasteiger partial charge in [0.25, 0.3) is 0 Å². The Hall–Kier alpha value is -1.56. The first-order valence-corrected chi connectivity index (χ1v) is 7.04. The first-order valence-electron chi connectivity index (χ1n) is 5.56. The van der Waals surface area contributed by atoms with Gasteiger partial charge in [0.1, 0.15) is 0 Å². The average Bonchev–Trinajstić information content (AvgIpc) is 2.29. The van der Waals surface area contributed by atoms with Crippen LogP contribution in [0.15, 0.2) is 30.3 Å². The Balaban J connectivity index is 2.96. The van der Waals surface area contributed by atoms with Gasteiger partial charge in [0.15, 0.2) is 4.75 Å². The van der Waals surface area contributed by atoms with Crippen LogP contribution in [0.3, 0.4) is 0 Å². The third kappa shape index (κ3) is 3.01. The van der Waals surface area contributed by atoms with Crippen molar-refractivity contribution in [2.45, 2.75) is 25.5 Å². The molecule has 0 saturated carbocycles. The van der Waals surface area contributed by atoms with E-state index in [1.54, 1.807) is 37.3 Å². The molecule has 1 aromatic rings. The molecule has 18 heavy (non-hydrogen) atoms. The van der Waals surface area contributed by atoms with Crippen molar-refractivity contribution in [2.75, 3.05) is 11.3 Å². The minimum Gasteiger partial charge on any atom is -0.465 e. The fourth-order valence-corrected chi connectivity index (χ4v) is 2.18. The minimum atomic E-state index is -3.86. The summed E-state index contributed by atoms with van der Waals surface area (Å²) in [4.78, 5) is 11.7. The molecular formula is C12H17NO4S. The van der Waals surface area contributed by atoms with Crippen molar-refractivity contribution in [1.82, 2.24) is 0 Å². The maximum Gasteiger partial charge on any atom is 0.328 e. The van der Waals surface area contributed by atoms with E-state index < -0.39 is 20.7 Å². The number of carbonyl (C=O) groups excluding carboxylic acids is 1. The Bertz CT molecular complexity index is 508. The summed E-state index contributed by atoms with van der Waals surface area (Å²) in [5, 5.41) is 0. The van der Waals surface area contributed by atoms with Crippen molar-refractivity contribution in [3.63, 3.8) is 0 Å². The number of ether oxygens (including phenoxy) is 1. The van der Waals surface area contributed by atoms with Crippen molar-refractivity contribution in [2.24, 2.45) is 0 Å². The van der Waals surface area contributed by atoms with Crippen LogP contribution >= 0.6 is 0 Å². The van der Waals surface area contributed by atoms with Gasteiger partial charge in [-0.1, -0.05) is 18.2 Å². The third-order valence-corrected chi connectivity index (χ3v) is 4.48. The lowest BCUT2D eigenvalue weighted by atomic mass is 10.2. The quantitative estimate of drug-likeness (QED) is 0.828. The number of hydrogen-bond donors (Lipinski definition) is 1. The van der Waals surface area contributed by atoms with Gasteiger partial charge in [-0.2, -0.15) is 0 Å². The van der Waals surface area contributed by atoms with Crippen molar-refractivity contribution in [3.05, 3.63) is 30.3 Å². The zero-order valence-electron chi connectivity index (χ0n) is 10.6. The number of rotatable bonds is 5. The second kappa shape index (κ2) is 5.39. The lowest BCUT2D eigenvalue weighted by Gasteiger charge is -2.23. The topological polar surface area (TPSA) is 72.5 Å². The van der Waals surface area contributed by atoms with Gasteiger partial charge < -0.3 is 4.74 Å². The second-order valence-electron chi connectivity index (χ2n) is 4.20. The molecule has 0 bridgehead atoms. The van der Waals surface area contributed by atoms with E-state index in [4.69, 9.17) is 4.74 Å². The fourth-order valence-electron chi connectivity index (χ4n) is 1.20. The number of sulfonamides is 1. The minimum absolute atomic E-state index is 0.142. The van der Waals surface area contributed by atoms with E-state index in [2.05, 4.69) is 4.72 Å². The zero-order chi connectivity index (χ0) is 13.8. The molecule has 0 heterocycles. The first kappa shape index (κ1) is 14.5. The molecule has 1 N–H and O–H groups in total. The third-order valence-electron chi connectivity index (χ3n) is 2.46. The highest BCUT2D eigenvalue weighted by Crippen LogP contribution is 2.21. The van der Waals surface area contributed by atoms with Crippen LogP contribution in [0, 0.1) is 0 Å². The highest BCUT2D eigenvalue weighted by molar-refractivity contribution is 7.94. The molecule has 0 atom stereocenters. The molecule has 0 aliphatic rings. The molecule has 0 radical (unpaired) electrons. The van der Waals surface area contributed by atoms with Crippen molar-refractivity contribution in [1.29, 1.82) is 0 Å². The second-order valence-corrected chi connectivity index (χ2v) is 6.43. The SMILES string of the molecule is CCOC(=O)C(C)(C)S(=O)(=O)Nc1ccccc1. The van der Waals surface area contributed by atoms with Crippen molar-refractivity contribution >= 4 is 21.7 Å².